The molecule has 1 saturated carbocycles. The summed E-state index contributed by atoms with van der Waals surface area (Å²) in [5.74, 6) is 1.09. The van der Waals surface area contributed by atoms with E-state index in [0.29, 0.717) is 0 Å². The van der Waals surface area contributed by atoms with Crippen molar-refractivity contribution in [2.75, 3.05) is 0 Å². The standard InChI is InChI=1S/C12H23/c1-2-3-4-6-9-12-10-7-5-8-11-12/h12H,1-11H2. The van der Waals surface area contributed by atoms with Gasteiger partial charge in [0, 0.05) is 0 Å². The van der Waals surface area contributed by atoms with Crippen LogP contribution in [0.25, 0.3) is 0 Å². The van der Waals surface area contributed by atoms with Gasteiger partial charge < -0.3 is 0 Å². The lowest BCUT2D eigenvalue weighted by molar-refractivity contribution is 0.329. The molecule has 0 aliphatic heterocycles. The van der Waals surface area contributed by atoms with Crippen molar-refractivity contribution in [3.05, 3.63) is 6.92 Å². The zero-order valence-corrected chi connectivity index (χ0v) is 8.36. The highest BCUT2D eigenvalue weighted by molar-refractivity contribution is 4.65. The summed E-state index contributed by atoms with van der Waals surface area (Å²) in [4.78, 5) is 0. The monoisotopic (exact) mass is 167 g/mol. The molecular formula is C12H23. The quantitative estimate of drug-likeness (QED) is 0.534. The molecule has 1 fully saturated rings. The zero-order valence-electron chi connectivity index (χ0n) is 8.36. The normalized spacial score (nSPS) is 19.8. The highest BCUT2D eigenvalue weighted by Gasteiger charge is 2.11. The lowest BCUT2D eigenvalue weighted by Gasteiger charge is -2.21. The molecule has 1 radical (unpaired) electrons. The zero-order chi connectivity index (χ0) is 8.65. The Labute approximate surface area is 77.7 Å². The van der Waals surface area contributed by atoms with E-state index in [4.69, 9.17) is 0 Å². The van der Waals surface area contributed by atoms with E-state index >= 15 is 0 Å². The molecule has 0 aromatic rings. The first-order valence-corrected chi connectivity index (χ1v) is 5.72. The van der Waals surface area contributed by atoms with Crippen molar-refractivity contribution in [2.24, 2.45) is 5.92 Å². The van der Waals surface area contributed by atoms with Crippen LogP contribution < -0.4 is 0 Å². The Kier molecular flexibility index (Phi) is 5.47. The summed E-state index contributed by atoms with van der Waals surface area (Å²) < 4.78 is 0. The Morgan fingerprint density at radius 1 is 0.917 bits per heavy atom. The predicted octanol–water partition coefficient (Wildman–Crippen LogP) is 4.35. The molecule has 0 atom stereocenters. The molecule has 0 N–H and O–H groups in total. The molecule has 0 amide bonds. The summed E-state index contributed by atoms with van der Waals surface area (Å²) in [6.45, 7) is 3.87. The van der Waals surface area contributed by atoms with E-state index in [-0.39, 0.29) is 0 Å². The van der Waals surface area contributed by atoms with Gasteiger partial charge in [0.1, 0.15) is 0 Å². The first-order chi connectivity index (χ1) is 5.93. The SMILES string of the molecule is [CH2]CCCCCC1CCCCC1. The largest absolute Gasteiger partial charge is 0.0533 e. The molecule has 0 nitrogen and oxygen atoms in total. The van der Waals surface area contributed by atoms with E-state index < -0.39 is 0 Å². The minimum atomic E-state index is 1.09. The third kappa shape index (κ3) is 4.13. The Balaban J connectivity index is 1.91. The Morgan fingerprint density at radius 3 is 2.33 bits per heavy atom. The third-order valence-electron chi connectivity index (χ3n) is 3.09. The minimum Gasteiger partial charge on any atom is -0.0533 e. The molecule has 1 aliphatic carbocycles. The summed E-state index contributed by atoms with van der Waals surface area (Å²) in [7, 11) is 0. The average molecular weight is 167 g/mol. The molecule has 0 aromatic heterocycles. The number of unbranched alkanes of at least 4 members (excludes halogenated alkanes) is 3. The van der Waals surface area contributed by atoms with Crippen LogP contribution in [0.15, 0.2) is 0 Å². The topological polar surface area (TPSA) is 0 Å². The fourth-order valence-electron chi connectivity index (χ4n) is 2.26. The van der Waals surface area contributed by atoms with Gasteiger partial charge in [0.15, 0.2) is 0 Å². The van der Waals surface area contributed by atoms with Crippen LogP contribution in [0, 0.1) is 12.8 Å². The van der Waals surface area contributed by atoms with Gasteiger partial charge in [-0.15, -0.1) is 0 Å². The summed E-state index contributed by atoms with van der Waals surface area (Å²) in [5, 5.41) is 0. The van der Waals surface area contributed by atoms with Crippen LogP contribution in [-0.4, -0.2) is 0 Å². The Morgan fingerprint density at radius 2 is 1.67 bits per heavy atom. The van der Waals surface area contributed by atoms with Crippen molar-refractivity contribution >= 4 is 0 Å². The van der Waals surface area contributed by atoms with Crippen LogP contribution in [0.4, 0.5) is 0 Å². The van der Waals surface area contributed by atoms with Gasteiger partial charge in [0.2, 0.25) is 0 Å². The van der Waals surface area contributed by atoms with Crippen molar-refractivity contribution in [1.82, 2.24) is 0 Å². The first kappa shape index (κ1) is 10.1. The van der Waals surface area contributed by atoms with Crippen molar-refractivity contribution < 1.29 is 0 Å². The fraction of sp³-hybridized carbons (Fsp3) is 0.917. The summed E-state index contributed by atoms with van der Waals surface area (Å²) in [5.41, 5.74) is 0. The second kappa shape index (κ2) is 6.51. The highest BCUT2D eigenvalue weighted by atomic mass is 14.2. The Bertz CT molecular complexity index is 90.2. The summed E-state index contributed by atoms with van der Waals surface area (Å²) >= 11 is 0. The highest BCUT2D eigenvalue weighted by Crippen LogP contribution is 2.27. The van der Waals surface area contributed by atoms with E-state index in [2.05, 4.69) is 6.92 Å². The smallest absolute Gasteiger partial charge is 0.0414 e. The van der Waals surface area contributed by atoms with Gasteiger partial charge in [0.25, 0.3) is 0 Å². The molecule has 1 rings (SSSR count). The molecule has 12 heavy (non-hydrogen) atoms. The molecule has 0 unspecified atom stereocenters. The van der Waals surface area contributed by atoms with Crippen LogP contribution >= 0.6 is 0 Å². The molecular weight excluding hydrogens is 144 g/mol. The average Bonchev–Trinajstić information content (AvgIpc) is 2.14. The van der Waals surface area contributed by atoms with Crippen molar-refractivity contribution in [3.8, 4) is 0 Å². The number of rotatable bonds is 5. The van der Waals surface area contributed by atoms with Crippen LogP contribution in [0.1, 0.15) is 64.2 Å². The second-order valence-corrected chi connectivity index (χ2v) is 4.21. The maximum atomic E-state index is 3.87. The van der Waals surface area contributed by atoms with Crippen LogP contribution in [0.3, 0.4) is 0 Å². The second-order valence-electron chi connectivity index (χ2n) is 4.21. The van der Waals surface area contributed by atoms with Crippen LogP contribution in [0.5, 0.6) is 0 Å². The van der Waals surface area contributed by atoms with E-state index in [1.54, 1.807) is 0 Å². The predicted molar refractivity (Wildman–Crippen MR) is 55.0 cm³/mol. The molecule has 0 heterocycles. The van der Waals surface area contributed by atoms with Crippen molar-refractivity contribution in [2.45, 2.75) is 64.2 Å². The molecule has 1 aliphatic rings. The van der Waals surface area contributed by atoms with Gasteiger partial charge >= 0.3 is 0 Å². The first-order valence-electron chi connectivity index (χ1n) is 5.72. The summed E-state index contributed by atoms with van der Waals surface area (Å²) in [6, 6.07) is 0. The third-order valence-corrected chi connectivity index (χ3v) is 3.09. The van der Waals surface area contributed by atoms with E-state index in [1.165, 1.54) is 57.8 Å². The molecule has 0 bridgehead atoms. The molecule has 0 heteroatoms. The minimum absolute atomic E-state index is 1.09. The van der Waals surface area contributed by atoms with Crippen molar-refractivity contribution in [1.29, 1.82) is 0 Å². The van der Waals surface area contributed by atoms with Gasteiger partial charge in [-0.1, -0.05) is 71.1 Å². The van der Waals surface area contributed by atoms with Crippen molar-refractivity contribution in [3.63, 3.8) is 0 Å². The molecule has 0 saturated heterocycles. The maximum absolute atomic E-state index is 3.87. The number of hydrogen-bond acceptors (Lipinski definition) is 0. The van der Waals surface area contributed by atoms with E-state index in [1.807, 2.05) is 0 Å². The maximum Gasteiger partial charge on any atom is -0.0414 e. The molecule has 0 spiro atoms. The van der Waals surface area contributed by atoms with Gasteiger partial charge in [-0.2, -0.15) is 0 Å². The van der Waals surface area contributed by atoms with Crippen LogP contribution in [-0.2, 0) is 0 Å². The van der Waals surface area contributed by atoms with Gasteiger partial charge in [-0.25, -0.2) is 0 Å². The van der Waals surface area contributed by atoms with Gasteiger partial charge in [0.05, 0.1) is 0 Å². The Hall–Kier alpha value is 0. The van der Waals surface area contributed by atoms with E-state index in [9.17, 15) is 0 Å². The van der Waals surface area contributed by atoms with E-state index in [0.717, 1.165) is 12.3 Å². The van der Waals surface area contributed by atoms with Gasteiger partial charge in [-0.05, 0) is 5.92 Å². The van der Waals surface area contributed by atoms with Crippen LogP contribution in [0.2, 0.25) is 0 Å². The lowest BCUT2D eigenvalue weighted by atomic mass is 9.85. The van der Waals surface area contributed by atoms with Gasteiger partial charge in [-0.3, -0.25) is 0 Å². The lowest BCUT2D eigenvalue weighted by Crippen LogP contribution is -2.05. The molecule has 71 valence electrons. The fourth-order valence-corrected chi connectivity index (χ4v) is 2.26. The molecule has 0 aromatic carbocycles. The summed E-state index contributed by atoms with van der Waals surface area (Å²) in [6.07, 6.45) is 14.4. The number of hydrogen-bond donors (Lipinski definition) is 0.